The number of hydrogen-bond donors (Lipinski definition) is 2. The van der Waals surface area contributed by atoms with Crippen LogP contribution < -0.4 is 5.73 Å². The topological polar surface area (TPSA) is 67.6 Å². The molecule has 1 aliphatic rings. The third-order valence-electron chi connectivity index (χ3n) is 5.06. The van der Waals surface area contributed by atoms with Gasteiger partial charge in [0.2, 0.25) is 0 Å². The molecule has 3 aromatic rings. The van der Waals surface area contributed by atoms with E-state index >= 15 is 0 Å². The molecule has 5 heteroatoms. The zero-order valence-electron chi connectivity index (χ0n) is 14.0. The summed E-state index contributed by atoms with van der Waals surface area (Å²) < 4.78 is 0. The van der Waals surface area contributed by atoms with Gasteiger partial charge in [-0.1, -0.05) is 23.7 Å². The highest BCUT2D eigenvalue weighted by Gasteiger charge is 2.26. The average molecular weight is 353 g/mol. The number of nitrogens with zero attached hydrogens (tertiary/aromatic N) is 2. The number of nitrogens with one attached hydrogen (secondary N) is 1. The quantitative estimate of drug-likeness (QED) is 0.713. The first-order valence-corrected chi connectivity index (χ1v) is 9.10. The number of aromatic amines is 1. The van der Waals surface area contributed by atoms with Gasteiger partial charge in [0.05, 0.1) is 0 Å². The van der Waals surface area contributed by atoms with Crippen LogP contribution in [0.2, 0.25) is 5.02 Å². The Morgan fingerprint density at radius 1 is 0.920 bits per heavy atom. The van der Waals surface area contributed by atoms with Crippen molar-refractivity contribution in [1.82, 2.24) is 15.2 Å². The summed E-state index contributed by atoms with van der Waals surface area (Å²) in [4.78, 5) is 4.16. The Kier molecular flexibility index (Phi) is 4.55. The number of benzene rings is 1. The SMILES string of the molecule is N[C@H]1CC[C@@H](c2[nH]nc(-c3ccc(Cl)cc3)c2-c2ccncc2)CC1. The van der Waals surface area contributed by atoms with E-state index in [1.165, 1.54) is 11.3 Å². The molecule has 1 saturated carbocycles. The van der Waals surface area contributed by atoms with Crippen molar-refractivity contribution in [2.24, 2.45) is 5.73 Å². The minimum Gasteiger partial charge on any atom is -0.328 e. The first kappa shape index (κ1) is 16.3. The molecule has 0 bridgehead atoms. The Bertz CT molecular complexity index is 834. The second-order valence-electron chi connectivity index (χ2n) is 6.72. The number of H-pyrrole nitrogens is 1. The van der Waals surface area contributed by atoms with E-state index in [0.717, 1.165) is 47.5 Å². The van der Waals surface area contributed by atoms with Gasteiger partial charge in [0.15, 0.2) is 0 Å². The van der Waals surface area contributed by atoms with Crippen molar-refractivity contribution >= 4 is 11.6 Å². The molecular formula is C20H21ClN4. The van der Waals surface area contributed by atoms with Gasteiger partial charge in [0, 0.05) is 46.2 Å². The third kappa shape index (κ3) is 3.32. The van der Waals surface area contributed by atoms with Crippen LogP contribution in [0.4, 0.5) is 0 Å². The summed E-state index contributed by atoms with van der Waals surface area (Å²) in [5.41, 5.74) is 11.6. The summed E-state index contributed by atoms with van der Waals surface area (Å²) in [7, 11) is 0. The number of hydrogen-bond acceptors (Lipinski definition) is 3. The van der Waals surface area contributed by atoms with E-state index in [2.05, 4.69) is 15.2 Å². The maximum atomic E-state index is 6.09. The van der Waals surface area contributed by atoms with Crippen LogP contribution in [0.25, 0.3) is 22.4 Å². The molecular weight excluding hydrogens is 332 g/mol. The Morgan fingerprint density at radius 3 is 2.28 bits per heavy atom. The van der Waals surface area contributed by atoms with Gasteiger partial charge < -0.3 is 5.73 Å². The van der Waals surface area contributed by atoms with Gasteiger partial charge in [0.25, 0.3) is 0 Å². The van der Waals surface area contributed by atoms with Crippen LogP contribution in [-0.2, 0) is 0 Å². The summed E-state index contributed by atoms with van der Waals surface area (Å²) >= 11 is 6.05. The van der Waals surface area contributed by atoms with Gasteiger partial charge in [-0.2, -0.15) is 5.10 Å². The largest absolute Gasteiger partial charge is 0.328 e. The van der Waals surface area contributed by atoms with Gasteiger partial charge in [-0.05, 0) is 55.5 Å². The molecule has 0 amide bonds. The molecule has 25 heavy (non-hydrogen) atoms. The van der Waals surface area contributed by atoms with E-state index in [4.69, 9.17) is 17.3 Å². The Balaban J connectivity index is 1.81. The zero-order valence-corrected chi connectivity index (χ0v) is 14.7. The van der Waals surface area contributed by atoms with Crippen LogP contribution in [-0.4, -0.2) is 21.2 Å². The highest BCUT2D eigenvalue weighted by molar-refractivity contribution is 6.30. The minimum absolute atomic E-state index is 0.333. The summed E-state index contributed by atoms with van der Waals surface area (Å²) in [6, 6.07) is 12.3. The molecule has 0 saturated heterocycles. The fourth-order valence-corrected chi connectivity index (χ4v) is 3.81. The van der Waals surface area contributed by atoms with Crippen molar-refractivity contribution < 1.29 is 0 Å². The average Bonchev–Trinajstić information content (AvgIpc) is 3.09. The lowest BCUT2D eigenvalue weighted by Crippen LogP contribution is -2.26. The van der Waals surface area contributed by atoms with Gasteiger partial charge in [-0.3, -0.25) is 10.1 Å². The fourth-order valence-electron chi connectivity index (χ4n) is 3.69. The Labute approximate surface area is 152 Å². The summed E-state index contributed by atoms with van der Waals surface area (Å²) in [5, 5.41) is 8.72. The van der Waals surface area contributed by atoms with Crippen molar-refractivity contribution in [3.05, 3.63) is 59.5 Å². The normalized spacial score (nSPS) is 20.6. The molecule has 1 aliphatic carbocycles. The molecule has 4 nitrogen and oxygen atoms in total. The fraction of sp³-hybridized carbons (Fsp3) is 0.300. The van der Waals surface area contributed by atoms with Crippen LogP contribution in [0, 0.1) is 0 Å². The number of nitrogens with two attached hydrogens (primary N) is 1. The van der Waals surface area contributed by atoms with Crippen molar-refractivity contribution in [2.45, 2.75) is 37.6 Å². The van der Waals surface area contributed by atoms with Crippen molar-refractivity contribution in [3.63, 3.8) is 0 Å². The highest BCUT2D eigenvalue weighted by Crippen LogP contribution is 2.41. The third-order valence-corrected chi connectivity index (χ3v) is 5.31. The molecule has 0 spiro atoms. The van der Waals surface area contributed by atoms with Crippen molar-refractivity contribution in [1.29, 1.82) is 0 Å². The second-order valence-corrected chi connectivity index (χ2v) is 7.15. The standard InChI is InChI=1S/C20H21ClN4/c21-16-5-1-14(2-6-16)19-18(13-9-11-23-12-10-13)20(25-24-19)15-3-7-17(22)8-4-15/h1-2,5-6,9-12,15,17H,3-4,7-8,22H2,(H,24,25)/t15-,17+. The molecule has 128 valence electrons. The van der Waals surface area contributed by atoms with Crippen LogP contribution in [0.3, 0.4) is 0 Å². The molecule has 1 fully saturated rings. The Morgan fingerprint density at radius 2 is 1.60 bits per heavy atom. The predicted octanol–water partition coefficient (Wildman–Crippen LogP) is 4.78. The molecule has 0 unspecified atom stereocenters. The molecule has 4 rings (SSSR count). The molecule has 1 aromatic carbocycles. The molecule has 0 radical (unpaired) electrons. The summed E-state index contributed by atoms with van der Waals surface area (Å²) in [6.45, 7) is 0. The smallest absolute Gasteiger partial charge is 0.100 e. The first-order chi connectivity index (χ1) is 12.2. The van der Waals surface area contributed by atoms with E-state index in [-0.39, 0.29) is 0 Å². The monoisotopic (exact) mass is 352 g/mol. The van der Waals surface area contributed by atoms with E-state index in [1.807, 2.05) is 48.8 Å². The minimum atomic E-state index is 0.333. The summed E-state index contributed by atoms with van der Waals surface area (Å²) in [6.07, 6.45) is 7.98. The van der Waals surface area contributed by atoms with Crippen LogP contribution in [0.5, 0.6) is 0 Å². The van der Waals surface area contributed by atoms with Gasteiger partial charge >= 0.3 is 0 Å². The van der Waals surface area contributed by atoms with E-state index in [9.17, 15) is 0 Å². The lowest BCUT2D eigenvalue weighted by Gasteiger charge is -2.26. The number of halogens is 1. The number of rotatable bonds is 3. The van der Waals surface area contributed by atoms with Gasteiger partial charge in [0.1, 0.15) is 5.69 Å². The highest BCUT2D eigenvalue weighted by atomic mass is 35.5. The van der Waals surface area contributed by atoms with E-state index in [0.29, 0.717) is 12.0 Å². The van der Waals surface area contributed by atoms with Crippen molar-refractivity contribution in [3.8, 4) is 22.4 Å². The number of aromatic nitrogens is 3. The molecule has 2 heterocycles. The maximum Gasteiger partial charge on any atom is 0.100 e. The molecule has 3 N–H and O–H groups in total. The number of pyridine rings is 1. The lowest BCUT2D eigenvalue weighted by molar-refractivity contribution is 0.391. The van der Waals surface area contributed by atoms with Gasteiger partial charge in [-0.25, -0.2) is 0 Å². The first-order valence-electron chi connectivity index (χ1n) is 8.72. The van der Waals surface area contributed by atoms with Crippen LogP contribution in [0.15, 0.2) is 48.8 Å². The van der Waals surface area contributed by atoms with Crippen molar-refractivity contribution in [2.75, 3.05) is 0 Å². The predicted molar refractivity (Wildman–Crippen MR) is 101 cm³/mol. The molecule has 2 aromatic heterocycles. The molecule has 0 aliphatic heterocycles. The van der Waals surface area contributed by atoms with Crippen LogP contribution >= 0.6 is 11.6 Å². The molecule has 0 atom stereocenters. The zero-order chi connectivity index (χ0) is 17.2. The van der Waals surface area contributed by atoms with E-state index < -0.39 is 0 Å². The Hall–Kier alpha value is -2.17. The summed E-state index contributed by atoms with van der Waals surface area (Å²) in [5.74, 6) is 0.469. The lowest BCUT2D eigenvalue weighted by atomic mass is 9.82. The van der Waals surface area contributed by atoms with Crippen LogP contribution in [0.1, 0.15) is 37.3 Å². The maximum absolute atomic E-state index is 6.09. The van der Waals surface area contributed by atoms with Gasteiger partial charge in [-0.15, -0.1) is 0 Å². The second kappa shape index (κ2) is 6.98. The van der Waals surface area contributed by atoms with E-state index in [1.54, 1.807) is 0 Å².